The molecule has 1 aliphatic heterocycles. The Labute approximate surface area is 170 Å². The lowest BCUT2D eigenvalue weighted by Crippen LogP contribution is -2.31. The van der Waals surface area contributed by atoms with Crippen LogP contribution >= 0.6 is 0 Å². The number of para-hydroxylation sites is 2. The minimum atomic E-state index is -1.10. The van der Waals surface area contributed by atoms with Gasteiger partial charge in [0.05, 0.1) is 28.6 Å². The molecule has 9 heteroatoms. The second kappa shape index (κ2) is 7.78. The SMILES string of the molecule is O=C(O)CCN1C(=O)c2ccc(C(=O)NCCc3nc4ccccc4[nH]3)cc2C1=O. The Morgan fingerprint density at radius 3 is 2.60 bits per heavy atom. The number of aromatic nitrogens is 2. The zero-order valence-corrected chi connectivity index (χ0v) is 15.8. The second-order valence-electron chi connectivity index (χ2n) is 6.87. The Balaban J connectivity index is 1.40. The van der Waals surface area contributed by atoms with Crippen LogP contribution in [0.15, 0.2) is 42.5 Å². The number of imidazole rings is 1. The highest BCUT2D eigenvalue weighted by Gasteiger charge is 2.36. The number of nitrogens with zero attached hydrogens (tertiary/aromatic N) is 2. The van der Waals surface area contributed by atoms with Crippen molar-refractivity contribution >= 4 is 34.7 Å². The number of amides is 3. The molecule has 0 bridgehead atoms. The summed E-state index contributed by atoms with van der Waals surface area (Å²) >= 11 is 0. The molecule has 3 amide bonds. The molecule has 4 rings (SSSR count). The summed E-state index contributed by atoms with van der Waals surface area (Å²) in [4.78, 5) is 56.5. The quantitative estimate of drug-likeness (QED) is 0.511. The number of carbonyl (C=O) groups is 4. The van der Waals surface area contributed by atoms with Gasteiger partial charge in [0.15, 0.2) is 0 Å². The lowest BCUT2D eigenvalue weighted by atomic mass is 10.1. The van der Waals surface area contributed by atoms with Crippen molar-refractivity contribution < 1.29 is 24.3 Å². The highest BCUT2D eigenvalue weighted by atomic mass is 16.4. The summed E-state index contributed by atoms with van der Waals surface area (Å²) in [7, 11) is 0. The van der Waals surface area contributed by atoms with E-state index >= 15 is 0 Å². The van der Waals surface area contributed by atoms with E-state index in [1.54, 1.807) is 0 Å². The molecule has 152 valence electrons. The molecule has 0 aliphatic carbocycles. The van der Waals surface area contributed by atoms with Crippen molar-refractivity contribution in [3.63, 3.8) is 0 Å². The van der Waals surface area contributed by atoms with Gasteiger partial charge < -0.3 is 15.4 Å². The lowest BCUT2D eigenvalue weighted by molar-refractivity contribution is -0.137. The molecule has 2 heterocycles. The van der Waals surface area contributed by atoms with E-state index in [9.17, 15) is 19.2 Å². The van der Waals surface area contributed by atoms with Gasteiger partial charge in [0.25, 0.3) is 17.7 Å². The van der Waals surface area contributed by atoms with Crippen molar-refractivity contribution in [2.24, 2.45) is 0 Å². The van der Waals surface area contributed by atoms with Crippen molar-refractivity contribution in [2.45, 2.75) is 12.8 Å². The van der Waals surface area contributed by atoms with Gasteiger partial charge in [0.1, 0.15) is 5.82 Å². The molecule has 30 heavy (non-hydrogen) atoms. The fraction of sp³-hybridized carbons (Fsp3) is 0.190. The molecule has 3 aromatic rings. The third-order valence-electron chi connectivity index (χ3n) is 4.87. The van der Waals surface area contributed by atoms with Crippen LogP contribution in [0.4, 0.5) is 0 Å². The third-order valence-corrected chi connectivity index (χ3v) is 4.87. The topological polar surface area (TPSA) is 132 Å². The number of imide groups is 1. The van der Waals surface area contributed by atoms with Crippen molar-refractivity contribution in [1.29, 1.82) is 0 Å². The second-order valence-corrected chi connectivity index (χ2v) is 6.87. The van der Waals surface area contributed by atoms with Crippen molar-refractivity contribution in [3.05, 3.63) is 65.0 Å². The Hall–Kier alpha value is -4.01. The highest BCUT2D eigenvalue weighted by molar-refractivity contribution is 6.22. The highest BCUT2D eigenvalue weighted by Crippen LogP contribution is 2.24. The number of carboxylic acids is 1. The van der Waals surface area contributed by atoms with Crippen LogP contribution in [0.2, 0.25) is 0 Å². The van der Waals surface area contributed by atoms with Gasteiger partial charge in [-0.15, -0.1) is 0 Å². The van der Waals surface area contributed by atoms with Crippen LogP contribution in [-0.4, -0.2) is 56.8 Å². The number of aromatic amines is 1. The largest absolute Gasteiger partial charge is 0.481 e. The third kappa shape index (κ3) is 3.64. The van der Waals surface area contributed by atoms with E-state index in [-0.39, 0.29) is 35.6 Å². The van der Waals surface area contributed by atoms with Gasteiger partial charge in [-0.1, -0.05) is 12.1 Å². The number of aliphatic carboxylic acids is 1. The van der Waals surface area contributed by atoms with E-state index in [1.807, 2.05) is 24.3 Å². The number of H-pyrrole nitrogens is 1. The minimum Gasteiger partial charge on any atom is -0.481 e. The van der Waals surface area contributed by atoms with Crippen LogP contribution in [0.25, 0.3) is 11.0 Å². The minimum absolute atomic E-state index is 0.107. The normalized spacial score (nSPS) is 13.0. The lowest BCUT2D eigenvalue weighted by Gasteiger charge is -2.11. The van der Waals surface area contributed by atoms with Crippen LogP contribution in [0.5, 0.6) is 0 Å². The molecule has 0 spiro atoms. The van der Waals surface area contributed by atoms with E-state index < -0.39 is 17.8 Å². The first kappa shape index (κ1) is 19.3. The van der Waals surface area contributed by atoms with E-state index in [0.717, 1.165) is 21.8 Å². The smallest absolute Gasteiger partial charge is 0.305 e. The first-order valence-electron chi connectivity index (χ1n) is 9.38. The van der Waals surface area contributed by atoms with E-state index in [4.69, 9.17) is 5.11 Å². The zero-order chi connectivity index (χ0) is 21.3. The number of carboxylic acid groups (broad SMARTS) is 1. The Morgan fingerprint density at radius 1 is 1.07 bits per heavy atom. The van der Waals surface area contributed by atoms with Gasteiger partial charge in [-0.2, -0.15) is 0 Å². The standard InChI is InChI=1S/C21H18N4O5/c26-18(27)8-10-25-20(29)13-6-5-12(11-14(13)21(25)30)19(28)22-9-7-17-23-15-3-1-2-4-16(15)24-17/h1-6,11H,7-10H2,(H,22,28)(H,23,24)(H,26,27). The number of fused-ring (bicyclic) bond motifs is 2. The molecular formula is C21H18N4O5. The Morgan fingerprint density at radius 2 is 1.83 bits per heavy atom. The molecular weight excluding hydrogens is 388 g/mol. The summed E-state index contributed by atoms with van der Waals surface area (Å²) in [5.74, 6) is -1.87. The van der Waals surface area contributed by atoms with Gasteiger partial charge in [-0.25, -0.2) is 4.98 Å². The number of rotatable bonds is 7. The number of benzene rings is 2. The van der Waals surface area contributed by atoms with Gasteiger partial charge in [0, 0.05) is 25.1 Å². The van der Waals surface area contributed by atoms with Crippen LogP contribution in [0, 0.1) is 0 Å². The molecule has 1 aliphatic rings. The summed E-state index contributed by atoms with van der Waals surface area (Å²) < 4.78 is 0. The number of hydrogen-bond acceptors (Lipinski definition) is 5. The maximum atomic E-state index is 12.5. The summed E-state index contributed by atoms with van der Waals surface area (Å²) in [5.41, 5.74) is 2.31. The fourth-order valence-corrected chi connectivity index (χ4v) is 3.36. The van der Waals surface area contributed by atoms with E-state index in [1.165, 1.54) is 18.2 Å². The Bertz CT molecular complexity index is 1150. The molecule has 2 aromatic carbocycles. The van der Waals surface area contributed by atoms with Crippen LogP contribution in [0.3, 0.4) is 0 Å². The molecule has 1 aromatic heterocycles. The maximum Gasteiger partial charge on any atom is 0.305 e. The Kier molecular flexibility index (Phi) is 5.01. The van der Waals surface area contributed by atoms with Crippen LogP contribution < -0.4 is 5.32 Å². The van der Waals surface area contributed by atoms with Gasteiger partial charge in [-0.3, -0.25) is 24.1 Å². The average Bonchev–Trinajstić information content (AvgIpc) is 3.25. The summed E-state index contributed by atoms with van der Waals surface area (Å²) in [5, 5.41) is 11.6. The predicted octanol–water partition coefficient (Wildman–Crippen LogP) is 1.61. The van der Waals surface area contributed by atoms with Crippen LogP contribution in [0.1, 0.15) is 43.3 Å². The first-order chi connectivity index (χ1) is 14.4. The van der Waals surface area contributed by atoms with Crippen molar-refractivity contribution in [2.75, 3.05) is 13.1 Å². The zero-order valence-electron chi connectivity index (χ0n) is 15.8. The fourth-order valence-electron chi connectivity index (χ4n) is 3.36. The monoisotopic (exact) mass is 406 g/mol. The van der Waals surface area contributed by atoms with E-state index in [2.05, 4.69) is 15.3 Å². The number of hydrogen-bond donors (Lipinski definition) is 3. The molecule has 0 saturated carbocycles. The van der Waals surface area contributed by atoms with Crippen molar-refractivity contribution in [1.82, 2.24) is 20.2 Å². The molecule has 3 N–H and O–H groups in total. The number of nitrogens with one attached hydrogen (secondary N) is 2. The summed E-state index contributed by atoms with van der Waals surface area (Å²) in [6.07, 6.45) is 0.173. The van der Waals surface area contributed by atoms with Crippen molar-refractivity contribution in [3.8, 4) is 0 Å². The van der Waals surface area contributed by atoms with Gasteiger partial charge in [-0.05, 0) is 30.3 Å². The maximum absolute atomic E-state index is 12.5. The molecule has 0 unspecified atom stereocenters. The van der Waals surface area contributed by atoms with Crippen LogP contribution in [-0.2, 0) is 11.2 Å². The predicted molar refractivity (Wildman–Crippen MR) is 106 cm³/mol. The summed E-state index contributed by atoms with van der Waals surface area (Å²) in [6, 6.07) is 11.9. The average molecular weight is 406 g/mol. The first-order valence-corrected chi connectivity index (χ1v) is 9.38. The van der Waals surface area contributed by atoms with Gasteiger partial charge in [0.2, 0.25) is 0 Å². The molecule has 9 nitrogen and oxygen atoms in total. The summed E-state index contributed by atoms with van der Waals surface area (Å²) in [6.45, 7) is 0.133. The molecule has 0 fully saturated rings. The molecule has 0 saturated heterocycles. The van der Waals surface area contributed by atoms with E-state index in [0.29, 0.717) is 13.0 Å². The molecule has 0 radical (unpaired) electrons. The molecule has 0 atom stereocenters. The number of carbonyl (C=O) groups excluding carboxylic acids is 3. The van der Waals surface area contributed by atoms with Gasteiger partial charge >= 0.3 is 5.97 Å².